The predicted molar refractivity (Wildman–Crippen MR) is 125 cm³/mol. The Morgan fingerprint density at radius 1 is 1.23 bits per heavy atom. The van der Waals surface area contributed by atoms with Crippen molar-refractivity contribution in [2.24, 2.45) is 0 Å². The highest BCUT2D eigenvalue weighted by Gasteiger charge is 2.16. The molecule has 3 heterocycles. The van der Waals surface area contributed by atoms with Crippen LogP contribution < -0.4 is 5.32 Å². The van der Waals surface area contributed by atoms with Crippen molar-refractivity contribution in [2.45, 2.75) is 18.6 Å². The molecule has 0 unspecified atom stereocenters. The lowest BCUT2D eigenvalue weighted by Gasteiger charge is -2.06. The molecule has 0 aliphatic rings. The number of hydrogen-bond acceptors (Lipinski definition) is 7. The molecule has 0 aliphatic carbocycles. The third-order valence-corrected chi connectivity index (χ3v) is 6.79. The van der Waals surface area contributed by atoms with E-state index in [2.05, 4.69) is 27.1 Å². The quantitative estimate of drug-likeness (QED) is 0.287. The van der Waals surface area contributed by atoms with E-state index in [1.165, 1.54) is 28.7 Å². The van der Waals surface area contributed by atoms with Crippen LogP contribution in [0, 0.1) is 6.92 Å². The first-order chi connectivity index (χ1) is 14.6. The van der Waals surface area contributed by atoms with Gasteiger partial charge in [0.1, 0.15) is 0 Å². The molecule has 4 rings (SSSR count). The number of benzene rings is 1. The molecule has 30 heavy (non-hydrogen) atoms. The molecule has 0 saturated heterocycles. The molecule has 4 aromatic rings. The van der Waals surface area contributed by atoms with Gasteiger partial charge < -0.3 is 5.32 Å². The number of aromatic nitrogens is 4. The third-order valence-electron chi connectivity index (χ3n) is 4.20. The Labute approximate surface area is 186 Å². The Hall–Kier alpha value is -2.75. The molecule has 1 N–H and O–H groups in total. The zero-order valence-electron chi connectivity index (χ0n) is 16.2. The number of rotatable bonds is 8. The number of hydrogen-bond donors (Lipinski definition) is 1. The average Bonchev–Trinajstić information content (AvgIpc) is 3.48. The van der Waals surface area contributed by atoms with Crippen molar-refractivity contribution in [1.82, 2.24) is 19.7 Å². The summed E-state index contributed by atoms with van der Waals surface area (Å²) < 4.78 is 1.97. The molecular formula is C21H19N5OS3. The predicted octanol–water partition coefficient (Wildman–Crippen LogP) is 5.36. The molecule has 0 bridgehead atoms. The van der Waals surface area contributed by atoms with Crippen molar-refractivity contribution in [2.75, 3.05) is 11.1 Å². The molecule has 3 aromatic heterocycles. The van der Waals surface area contributed by atoms with Crippen molar-refractivity contribution < 1.29 is 4.79 Å². The normalized spacial score (nSPS) is 10.8. The fourth-order valence-corrected chi connectivity index (χ4v) is 4.95. The number of allylic oxidation sites excluding steroid dienone is 1. The van der Waals surface area contributed by atoms with Crippen LogP contribution in [-0.4, -0.2) is 31.4 Å². The zero-order valence-corrected chi connectivity index (χ0v) is 18.7. The maximum Gasteiger partial charge on any atom is 0.236 e. The topological polar surface area (TPSA) is 72.7 Å². The first-order valence-electron chi connectivity index (χ1n) is 9.17. The van der Waals surface area contributed by atoms with Crippen LogP contribution in [0.1, 0.15) is 5.56 Å². The van der Waals surface area contributed by atoms with Crippen LogP contribution >= 0.6 is 34.4 Å². The van der Waals surface area contributed by atoms with E-state index in [9.17, 15) is 4.79 Å². The van der Waals surface area contributed by atoms with Gasteiger partial charge in [0, 0.05) is 17.5 Å². The van der Waals surface area contributed by atoms with E-state index in [4.69, 9.17) is 0 Å². The Kier molecular flexibility index (Phi) is 6.41. The van der Waals surface area contributed by atoms with Gasteiger partial charge in [0.05, 0.1) is 16.3 Å². The number of aryl methyl sites for hydroxylation is 1. The molecule has 0 radical (unpaired) electrons. The van der Waals surface area contributed by atoms with Gasteiger partial charge in [0.2, 0.25) is 5.91 Å². The van der Waals surface area contributed by atoms with Gasteiger partial charge in [-0.3, -0.25) is 9.36 Å². The number of carbonyl (C=O) groups excluding carboxylic acids is 1. The Balaban J connectivity index is 1.40. The monoisotopic (exact) mass is 453 g/mol. The summed E-state index contributed by atoms with van der Waals surface area (Å²) in [6, 6.07) is 12.1. The molecule has 0 fully saturated rings. The maximum atomic E-state index is 12.4. The lowest BCUT2D eigenvalue weighted by molar-refractivity contribution is -0.113. The first kappa shape index (κ1) is 20.5. The van der Waals surface area contributed by atoms with E-state index in [-0.39, 0.29) is 11.7 Å². The molecule has 152 valence electrons. The van der Waals surface area contributed by atoms with Gasteiger partial charge >= 0.3 is 0 Å². The third kappa shape index (κ3) is 4.69. The second kappa shape index (κ2) is 9.38. The highest BCUT2D eigenvalue weighted by Crippen LogP contribution is 2.28. The number of nitrogens with one attached hydrogen (secondary N) is 1. The minimum absolute atomic E-state index is 0.129. The number of thiazole rings is 1. The van der Waals surface area contributed by atoms with Crippen molar-refractivity contribution >= 4 is 45.5 Å². The smallest absolute Gasteiger partial charge is 0.236 e. The molecular weight excluding hydrogens is 434 g/mol. The summed E-state index contributed by atoms with van der Waals surface area (Å²) >= 11 is 4.37. The average molecular weight is 454 g/mol. The fourth-order valence-electron chi connectivity index (χ4n) is 2.75. The molecule has 0 aliphatic heterocycles. The van der Waals surface area contributed by atoms with Gasteiger partial charge in [0.15, 0.2) is 16.1 Å². The zero-order chi connectivity index (χ0) is 20.9. The standard InChI is InChI=1S/C21H19N5OS3/c1-3-10-26-19(17-5-4-11-28-17)24-25-21(26)30-13-18(27)23-20-22-16(12-29-20)15-8-6-14(2)7-9-15/h3-9,11-12H,1,10,13H2,2H3,(H,22,23,27). The van der Waals surface area contributed by atoms with E-state index < -0.39 is 0 Å². The summed E-state index contributed by atoms with van der Waals surface area (Å²) in [7, 11) is 0. The Morgan fingerprint density at radius 2 is 2.07 bits per heavy atom. The highest BCUT2D eigenvalue weighted by molar-refractivity contribution is 7.99. The van der Waals surface area contributed by atoms with Crippen LogP contribution in [0.5, 0.6) is 0 Å². The Morgan fingerprint density at radius 3 is 2.80 bits per heavy atom. The van der Waals surface area contributed by atoms with E-state index in [0.29, 0.717) is 16.8 Å². The fraction of sp³-hybridized carbons (Fsp3) is 0.143. The van der Waals surface area contributed by atoms with Crippen molar-refractivity contribution in [3.63, 3.8) is 0 Å². The number of thiophene rings is 1. The molecule has 0 saturated carbocycles. The van der Waals surface area contributed by atoms with Crippen LogP contribution in [0.4, 0.5) is 5.13 Å². The van der Waals surface area contributed by atoms with Gasteiger partial charge in [-0.05, 0) is 18.4 Å². The summed E-state index contributed by atoms with van der Waals surface area (Å²) in [6.07, 6.45) is 1.80. The summed E-state index contributed by atoms with van der Waals surface area (Å²) in [5.74, 6) is 0.880. The van der Waals surface area contributed by atoms with Crippen molar-refractivity contribution in [3.8, 4) is 22.0 Å². The molecule has 6 nitrogen and oxygen atoms in total. The molecule has 9 heteroatoms. The van der Waals surface area contributed by atoms with Crippen LogP contribution in [-0.2, 0) is 11.3 Å². The second-order valence-corrected chi connectivity index (χ2v) is 9.17. The number of thioether (sulfide) groups is 1. The first-order valence-corrected chi connectivity index (χ1v) is 11.9. The minimum Gasteiger partial charge on any atom is -0.301 e. The number of anilines is 1. The van der Waals surface area contributed by atoms with Gasteiger partial charge in [-0.1, -0.05) is 53.7 Å². The molecule has 1 amide bonds. The molecule has 0 spiro atoms. The summed E-state index contributed by atoms with van der Waals surface area (Å²) in [5.41, 5.74) is 3.09. The highest BCUT2D eigenvalue weighted by atomic mass is 32.2. The van der Waals surface area contributed by atoms with E-state index in [1.54, 1.807) is 17.4 Å². The second-order valence-electron chi connectivity index (χ2n) is 6.42. The van der Waals surface area contributed by atoms with Gasteiger partial charge in [-0.2, -0.15) is 0 Å². The summed E-state index contributed by atoms with van der Waals surface area (Å²) in [6.45, 7) is 6.44. The lowest BCUT2D eigenvalue weighted by Crippen LogP contribution is -2.14. The van der Waals surface area contributed by atoms with Crippen molar-refractivity contribution in [3.05, 3.63) is 65.4 Å². The van der Waals surface area contributed by atoms with Crippen molar-refractivity contribution in [1.29, 1.82) is 0 Å². The summed E-state index contributed by atoms with van der Waals surface area (Å²) in [4.78, 5) is 18.0. The van der Waals surface area contributed by atoms with E-state index in [1.807, 2.05) is 58.6 Å². The van der Waals surface area contributed by atoms with E-state index in [0.717, 1.165) is 22.0 Å². The minimum atomic E-state index is -0.129. The van der Waals surface area contributed by atoms with Crippen LogP contribution in [0.2, 0.25) is 0 Å². The number of nitrogens with zero attached hydrogens (tertiary/aromatic N) is 4. The van der Waals surface area contributed by atoms with Crippen LogP contribution in [0.25, 0.3) is 22.0 Å². The molecule has 1 aromatic carbocycles. The summed E-state index contributed by atoms with van der Waals surface area (Å²) in [5, 5.41) is 16.7. The number of carbonyl (C=O) groups is 1. The van der Waals surface area contributed by atoms with E-state index >= 15 is 0 Å². The Bertz CT molecular complexity index is 1150. The van der Waals surface area contributed by atoms with Crippen LogP contribution in [0.3, 0.4) is 0 Å². The lowest BCUT2D eigenvalue weighted by atomic mass is 10.1. The van der Waals surface area contributed by atoms with Gasteiger partial charge in [-0.15, -0.1) is 39.4 Å². The van der Waals surface area contributed by atoms with Gasteiger partial charge in [0.25, 0.3) is 0 Å². The van der Waals surface area contributed by atoms with Crippen LogP contribution in [0.15, 0.2) is 65.0 Å². The SMILES string of the molecule is C=CCn1c(SCC(=O)Nc2nc(-c3ccc(C)cc3)cs2)nnc1-c1cccs1. The maximum absolute atomic E-state index is 12.4. The van der Waals surface area contributed by atoms with Gasteiger partial charge in [-0.25, -0.2) is 4.98 Å². The largest absolute Gasteiger partial charge is 0.301 e. The number of amides is 1. The molecule has 0 atom stereocenters.